The van der Waals surface area contributed by atoms with Gasteiger partial charge in [-0.1, -0.05) is 230 Å². The average molecular weight is 1260 g/mol. The molecule has 0 unspecified atom stereocenters. The zero-order chi connectivity index (χ0) is 65.5. The van der Waals surface area contributed by atoms with Crippen LogP contribution in [-0.4, -0.2) is 89.8 Å². The van der Waals surface area contributed by atoms with Crippen molar-refractivity contribution in [2.24, 2.45) is 17.8 Å². The zero-order valence-electron chi connectivity index (χ0n) is 55.5. The van der Waals surface area contributed by atoms with E-state index in [2.05, 4.69) is 83.2 Å². The van der Waals surface area contributed by atoms with Crippen LogP contribution in [0.25, 0.3) is 0 Å². The summed E-state index contributed by atoms with van der Waals surface area (Å²) in [7, 11) is 1.30. The predicted molar refractivity (Wildman–Crippen MR) is 364 cm³/mol. The molecular weight excluding hydrogens is 1160 g/mol. The summed E-state index contributed by atoms with van der Waals surface area (Å²) in [5, 5.41) is 14.2. The molecule has 0 aliphatic heterocycles. The highest BCUT2D eigenvalue weighted by molar-refractivity contribution is 7.07. The number of carbonyl (C=O) groups excluding carboxylic acids is 2. The van der Waals surface area contributed by atoms with Gasteiger partial charge in [0.25, 0.3) is 8.32 Å². The van der Waals surface area contributed by atoms with E-state index in [4.69, 9.17) is 42.3 Å². The lowest BCUT2D eigenvalue weighted by Gasteiger charge is -2.39. The van der Waals surface area contributed by atoms with Crippen molar-refractivity contribution in [3.05, 3.63) is 215 Å². The SMILES string of the molecule is CCCCCCCCCC[C@H](C)[C@@H](OC(C)=O)[C@@H](C)/C=C(C)/C=C(\C)[C@H](O[Si](c1ccccc1)(c1ccccc1)c1ccccc1)[C@H](C)/C=C(\C)C(=O)O[C@H](COCc1ccc(OC)cc1)[C@@H](OCc1ccc(OC)cc1)[C@H](OCc1ccc(OC)cc1)C(=O)O. The summed E-state index contributed by atoms with van der Waals surface area (Å²) in [6, 6.07) is 52.8. The molecule has 0 saturated carbocycles. The molecule has 6 aromatic rings. The smallest absolute Gasteiger partial charge is 0.335 e. The van der Waals surface area contributed by atoms with Gasteiger partial charge in [-0.05, 0) is 107 Å². The Morgan fingerprint density at radius 3 is 1.41 bits per heavy atom. The summed E-state index contributed by atoms with van der Waals surface area (Å²) in [4.78, 5) is 41.4. The van der Waals surface area contributed by atoms with Crippen LogP contribution >= 0.6 is 0 Å². The summed E-state index contributed by atoms with van der Waals surface area (Å²) in [6.07, 6.45) is 11.6. The Morgan fingerprint density at radius 2 is 0.956 bits per heavy atom. The summed E-state index contributed by atoms with van der Waals surface area (Å²) in [6.45, 7) is 15.6. The van der Waals surface area contributed by atoms with Gasteiger partial charge in [0.15, 0.2) is 12.2 Å². The van der Waals surface area contributed by atoms with Gasteiger partial charge in [-0.15, -0.1) is 0 Å². The Kier molecular flexibility index (Phi) is 30.5. The molecule has 0 aromatic heterocycles. The highest BCUT2D eigenvalue weighted by Gasteiger charge is 2.45. The minimum atomic E-state index is -3.43. The van der Waals surface area contributed by atoms with Crippen molar-refractivity contribution in [2.45, 2.75) is 164 Å². The maximum atomic E-state index is 15.1. The zero-order valence-corrected chi connectivity index (χ0v) is 56.5. The van der Waals surface area contributed by atoms with E-state index >= 15 is 4.79 Å². The third-order valence-electron chi connectivity index (χ3n) is 16.5. The van der Waals surface area contributed by atoms with Crippen molar-refractivity contribution in [3.63, 3.8) is 0 Å². The van der Waals surface area contributed by atoms with E-state index in [1.165, 1.54) is 45.4 Å². The van der Waals surface area contributed by atoms with Crippen LogP contribution in [0, 0.1) is 17.8 Å². The number of allylic oxidation sites excluding steroid dienone is 2. The van der Waals surface area contributed by atoms with Crippen molar-refractivity contribution < 1.29 is 61.8 Å². The standard InChI is InChI=1S/C77H98O13Si/c1-12-13-14-15-16-17-18-22-29-56(3)72(88-61(8)78)57(4)48-55(2)49-58(5)73(90-91(68-30-23-19-24-31-68,69-32-25-20-26-33-69)70-34-27-21-28-35-70)59(6)50-60(7)77(81)89-71(54-85-51-62-36-42-65(82-9)43-37-62)74(86-52-63-38-44-66(83-10)45-39-63)75(76(79)80)87-53-64-40-46-67(84-11)47-41-64/h19-21,23-28,30-50,56-57,59,71-75H,12-18,22,29,51-54H2,1-11H3,(H,79,80)/b55-48+,58-49+,60-50+/t56-,57-,59+,71+,72+,73-,74+,75-/m0/s1. The Labute approximate surface area is 542 Å². The molecule has 0 bridgehead atoms. The molecule has 13 nitrogen and oxygen atoms in total. The molecule has 8 atom stereocenters. The van der Waals surface area contributed by atoms with Gasteiger partial charge in [-0.2, -0.15) is 0 Å². The van der Waals surface area contributed by atoms with Gasteiger partial charge in [0.05, 0.1) is 53.9 Å². The van der Waals surface area contributed by atoms with Crippen molar-refractivity contribution >= 4 is 41.8 Å². The van der Waals surface area contributed by atoms with Crippen LogP contribution in [-0.2, 0) is 62.3 Å². The molecule has 0 spiro atoms. The Bertz CT molecular complexity index is 3090. The normalized spacial score (nSPS) is 14.9. The van der Waals surface area contributed by atoms with Crippen LogP contribution in [0.3, 0.4) is 0 Å². The van der Waals surface area contributed by atoms with E-state index in [0.717, 1.165) is 51.5 Å². The number of carboxylic acids is 1. The summed E-state index contributed by atoms with van der Waals surface area (Å²) < 4.78 is 56.1. The molecule has 6 rings (SSSR count). The lowest BCUT2D eigenvalue weighted by Crippen LogP contribution is -2.70. The molecular formula is C77H98O13Si. The van der Waals surface area contributed by atoms with Crippen molar-refractivity contribution in [3.8, 4) is 17.2 Å². The largest absolute Gasteiger partial charge is 0.497 e. The second-order valence-electron chi connectivity index (χ2n) is 23.8. The molecule has 0 radical (unpaired) electrons. The Morgan fingerprint density at radius 1 is 0.505 bits per heavy atom. The first kappa shape index (κ1) is 72.5. The third kappa shape index (κ3) is 22.6. The van der Waals surface area contributed by atoms with E-state index in [1.54, 1.807) is 64.7 Å². The molecule has 6 aromatic carbocycles. The first-order valence-corrected chi connectivity index (χ1v) is 34.1. The van der Waals surface area contributed by atoms with Gasteiger partial charge in [-0.3, -0.25) is 4.79 Å². The van der Waals surface area contributed by atoms with E-state index in [0.29, 0.717) is 28.4 Å². The van der Waals surface area contributed by atoms with Crippen LogP contribution < -0.4 is 29.8 Å². The van der Waals surface area contributed by atoms with Crippen LogP contribution in [0.2, 0.25) is 0 Å². The van der Waals surface area contributed by atoms with Gasteiger partial charge in [0, 0.05) is 24.3 Å². The molecule has 1 N–H and O–H groups in total. The summed E-state index contributed by atoms with van der Waals surface area (Å²) in [5.74, 6) is -0.864. The molecule has 91 heavy (non-hydrogen) atoms. The molecule has 0 aliphatic carbocycles. The Hall–Kier alpha value is -7.59. The minimum Gasteiger partial charge on any atom is -0.497 e. The number of hydrogen-bond acceptors (Lipinski definition) is 12. The summed E-state index contributed by atoms with van der Waals surface area (Å²) >= 11 is 0. The molecule has 0 amide bonds. The number of esters is 2. The monoisotopic (exact) mass is 1260 g/mol. The fraction of sp³-hybridized carbons (Fsp3) is 0.416. The maximum absolute atomic E-state index is 15.1. The Balaban J connectivity index is 1.41. The average Bonchev–Trinajstić information content (AvgIpc) is 0.774. The lowest BCUT2D eigenvalue weighted by atomic mass is 9.87. The minimum absolute atomic E-state index is 0.0708. The number of rotatable bonds is 40. The van der Waals surface area contributed by atoms with Gasteiger partial charge in [0.1, 0.15) is 29.5 Å². The number of aliphatic carboxylic acids is 1. The molecule has 488 valence electrons. The maximum Gasteiger partial charge on any atom is 0.335 e. The van der Waals surface area contributed by atoms with E-state index < -0.39 is 50.6 Å². The highest BCUT2D eigenvalue weighted by Crippen LogP contribution is 2.30. The van der Waals surface area contributed by atoms with E-state index in [-0.39, 0.29) is 55.9 Å². The van der Waals surface area contributed by atoms with E-state index in [9.17, 15) is 14.7 Å². The van der Waals surface area contributed by atoms with Gasteiger partial charge >= 0.3 is 17.9 Å². The number of benzene rings is 6. The second-order valence-corrected chi connectivity index (χ2v) is 27.2. The predicted octanol–water partition coefficient (Wildman–Crippen LogP) is 14.7. The van der Waals surface area contributed by atoms with Crippen LogP contribution in [0.1, 0.15) is 130 Å². The summed E-state index contributed by atoms with van der Waals surface area (Å²) in [5.41, 5.74) is 4.31. The van der Waals surface area contributed by atoms with Crippen LogP contribution in [0.5, 0.6) is 17.2 Å². The topological polar surface area (TPSA) is 155 Å². The van der Waals surface area contributed by atoms with Gasteiger partial charge in [-0.25, -0.2) is 9.59 Å². The number of unbranched alkanes of at least 4 members (excludes halogenated alkanes) is 7. The van der Waals surface area contributed by atoms with Crippen molar-refractivity contribution in [2.75, 3.05) is 27.9 Å². The number of ether oxygens (including phenoxy) is 8. The lowest BCUT2D eigenvalue weighted by molar-refractivity contribution is -0.191. The number of hydrogen-bond donors (Lipinski definition) is 1. The van der Waals surface area contributed by atoms with Gasteiger partial charge < -0.3 is 47.4 Å². The second kappa shape index (κ2) is 38.3. The third-order valence-corrected chi connectivity index (χ3v) is 20.6. The number of carboxylic acid groups (broad SMARTS) is 1. The first-order chi connectivity index (χ1) is 44.0. The molecule has 14 heteroatoms. The molecule has 0 aliphatic rings. The molecule has 0 fully saturated rings. The van der Waals surface area contributed by atoms with Crippen molar-refractivity contribution in [1.29, 1.82) is 0 Å². The first-order valence-electron chi connectivity index (χ1n) is 32.2. The highest BCUT2D eigenvalue weighted by atomic mass is 28.4. The molecule has 0 heterocycles. The van der Waals surface area contributed by atoms with Crippen molar-refractivity contribution in [1.82, 2.24) is 0 Å². The van der Waals surface area contributed by atoms with Gasteiger partial charge in [0.2, 0.25) is 0 Å². The van der Waals surface area contributed by atoms with Crippen LogP contribution in [0.15, 0.2) is 199 Å². The number of methoxy groups -OCH3 is 3. The van der Waals surface area contributed by atoms with Crippen LogP contribution in [0.4, 0.5) is 0 Å². The van der Waals surface area contributed by atoms with E-state index in [1.807, 2.05) is 104 Å². The fourth-order valence-electron chi connectivity index (χ4n) is 11.7. The fourth-order valence-corrected chi connectivity index (χ4v) is 15.9. The molecule has 0 saturated heterocycles. The number of carbonyl (C=O) groups is 3. The quantitative estimate of drug-likeness (QED) is 0.00970.